The van der Waals surface area contributed by atoms with Gasteiger partial charge in [0.2, 0.25) is 0 Å². The van der Waals surface area contributed by atoms with Crippen LogP contribution in [0.1, 0.15) is 35.8 Å². The van der Waals surface area contributed by atoms with Crippen molar-refractivity contribution in [1.29, 1.82) is 0 Å². The van der Waals surface area contributed by atoms with E-state index < -0.39 is 12.5 Å². The summed E-state index contributed by atoms with van der Waals surface area (Å²) in [5.41, 5.74) is 6.97. The molecule has 1 amide bonds. The Labute approximate surface area is 152 Å². The normalized spacial score (nSPS) is 17.5. The van der Waals surface area contributed by atoms with Crippen LogP contribution >= 0.6 is 0 Å². The van der Waals surface area contributed by atoms with Crippen molar-refractivity contribution < 1.29 is 23.0 Å². The monoisotopic (exact) mass is 377 g/mol. The van der Waals surface area contributed by atoms with Crippen LogP contribution < -0.4 is 10.5 Å². The Kier molecular flexibility index (Phi) is 4.48. The van der Waals surface area contributed by atoms with Crippen LogP contribution in [-0.4, -0.2) is 38.9 Å². The van der Waals surface area contributed by atoms with Crippen molar-refractivity contribution in [3.8, 4) is 17.3 Å². The minimum absolute atomic E-state index is 0.00758. The van der Waals surface area contributed by atoms with Gasteiger partial charge < -0.3 is 20.2 Å². The molecule has 1 aromatic carbocycles. The Morgan fingerprint density at radius 2 is 2.26 bits per heavy atom. The largest absolute Gasteiger partial charge is 0.435 e. The molecule has 0 saturated carbocycles. The number of nitrogens with zero attached hydrogens (tertiary/aromatic N) is 3. The molecule has 1 fully saturated rings. The highest BCUT2D eigenvalue weighted by Crippen LogP contribution is 2.28. The second kappa shape index (κ2) is 6.95. The number of carbonyl (C=O) groups excluding carboxylic acids is 1. The molecule has 10 heteroatoms. The van der Waals surface area contributed by atoms with Crippen molar-refractivity contribution >= 4 is 16.9 Å². The lowest BCUT2D eigenvalue weighted by molar-refractivity contribution is -0.0497. The Balaban J connectivity index is 1.73. The fourth-order valence-corrected chi connectivity index (χ4v) is 3.10. The van der Waals surface area contributed by atoms with Gasteiger partial charge in [-0.05, 0) is 31.4 Å². The van der Waals surface area contributed by atoms with Crippen LogP contribution in [0.4, 0.5) is 8.78 Å². The first-order valence-electron chi connectivity index (χ1n) is 8.47. The number of hydrogen-bond donors (Lipinski definition) is 2. The third-order valence-corrected chi connectivity index (χ3v) is 4.35. The van der Waals surface area contributed by atoms with Gasteiger partial charge in [0, 0.05) is 18.9 Å². The second-order valence-electron chi connectivity index (χ2n) is 6.20. The Morgan fingerprint density at radius 1 is 1.41 bits per heavy atom. The maximum atomic E-state index is 12.4. The van der Waals surface area contributed by atoms with Crippen LogP contribution in [0.2, 0.25) is 0 Å². The van der Waals surface area contributed by atoms with Gasteiger partial charge >= 0.3 is 6.61 Å². The maximum Gasteiger partial charge on any atom is 0.387 e. The van der Waals surface area contributed by atoms with Crippen LogP contribution in [0, 0.1) is 0 Å². The number of aromatic nitrogens is 4. The highest BCUT2D eigenvalue weighted by molar-refractivity contribution is 5.98. The molecule has 4 rings (SSSR count). The van der Waals surface area contributed by atoms with E-state index in [0.29, 0.717) is 23.5 Å². The topological polar surface area (TPSA) is 108 Å². The molecule has 1 unspecified atom stereocenters. The van der Waals surface area contributed by atoms with Crippen LogP contribution in [-0.2, 0) is 4.74 Å². The Bertz CT molecular complexity index is 978. The third kappa shape index (κ3) is 3.47. The van der Waals surface area contributed by atoms with Gasteiger partial charge in [0.25, 0.3) is 5.91 Å². The highest BCUT2D eigenvalue weighted by Gasteiger charge is 2.23. The molecule has 1 aliphatic heterocycles. The molecule has 1 aliphatic rings. The van der Waals surface area contributed by atoms with Gasteiger partial charge in [-0.1, -0.05) is 0 Å². The summed E-state index contributed by atoms with van der Waals surface area (Å²) < 4.78 is 36.4. The molecule has 3 aromatic rings. The van der Waals surface area contributed by atoms with E-state index in [1.807, 2.05) is 0 Å². The molecule has 3 heterocycles. The summed E-state index contributed by atoms with van der Waals surface area (Å²) in [6, 6.07) is 4.35. The van der Waals surface area contributed by atoms with Crippen LogP contribution in [0.25, 0.3) is 22.6 Å². The number of nitrogens with two attached hydrogens (primary N) is 1. The Morgan fingerprint density at radius 3 is 2.96 bits per heavy atom. The predicted octanol–water partition coefficient (Wildman–Crippen LogP) is 2.83. The smallest absolute Gasteiger partial charge is 0.387 e. The molecular weight excluding hydrogens is 360 g/mol. The molecule has 142 valence electrons. The van der Waals surface area contributed by atoms with Gasteiger partial charge in [0.15, 0.2) is 5.82 Å². The van der Waals surface area contributed by atoms with E-state index >= 15 is 0 Å². The number of nitrogens with one attached hydrogen (secondary N) is 1. The summed E-state index contributed by atoms with van der Waals surface area (Å²) >= 11 is 0. The van der Waals surface area contributed by atoms with Crippen molar-refractivity contribution in [3.05, 3.63) is 30.0 Å². The molecule has 0 spiro atoms. The van der Waals surface area contributed by atoms with Crippen LogP contribution in [0.15, 0.2) is 24.4 Å². The molecule has 0 aliphatic carbocycles. The molecule has 0 radical (unpaired) electrons. The number of ether oxygens (including phenoxy) is 2. The fraction of sp³-hybridized carbons (Fsp3) is 0.353. The van der Waals surface area contributed by atoms with E-state index in [-0.39, 0.29) is 23.2 Å². The minimum atomic E-state index is -2.92. The van der Waals surface area contributed by atoms with Crippen LogP contribution in [0.5, 0.6) is 5.75 Å². The Hall–Kier alpha value is -3.01. The van der Waals surface area contributed by atoms with E-state index in [1.54, 1.807) is 16.9 Å². The molecule has 1 atom stereocenters. The first kappa shape index (κ1) is 17.4. The summed E-state index contributed by atoms with van der Waals surface area (Å²) in [4.78, 5) is 19.2. The number of imidazole rings is 1. The van der Waals surface area contributed by atoms with Crippen molar-refractivity contribution in [2.45, 2.75) is 32.1 Å². The van der Waals surface area contributed by atoms with Gasteiger partial charge in [-0.15, -0.1) is 0 Å². The van der Waals surface area contributed by atoms with Gasteiger partial charge in [0.1, 0.15) is 17.7 Å². The average molecular weight is 377 g/mol. The number of carbonyl (C=O) groups is 1. The van der Waals surface area contributed by atoms with Crippen molar-refractivity contribution in [3.63, 3.8) is 0 Å². The quantitative estimate of drug-likeness (QED) is 0.711. The number of amides is 1. The lowest BCUT2D eigenvalue weighted by Crippen LogP contribution is -2.18. The lowest BCUT2D eigenvalue weighted by Gasteiger charge is -2.22. The number of aromatic amines is 1. The number of halogens is 2. The molecule has 0 bridgehead atoms. The minimum Gasteiger partial charge on any atom is -0.435 e. The second-order valence-corrected chi connectivity index (χ2v) is 6.20. The lowest BCUT2D eigenvalue weighted by atomic mass is 10.2. The van der Waals surface area contributed by atoms with E-state index in [2.05, 4.69) is 19.8 Å². The zero-order chi connectivity index (χ0) is 19.0. The van der Waals surface area contributed by atoms with Crippen molar-refractivity contribution in [2.75, 3.05) is 6.61 Å². The van der Waals surface area contributed by atoms with E-state index in [1.165, 1.54) is 12.1 Å². The SMILES string of the molecule is NC(=O)c1cn(C2CCCCO2)nc1-c1nc2cc(OC(F)F)ccc2[nH]1. The number of benzene rings is 1. The van der Waals surface area contributed by atoms with E-state index in [0.717, 1.165) is 19.3 Å². The summed E-state index contributed by atoms with van der Waals surface area (Å²) in [6.45, 7) is -2.29. The van der Waals surface area contributed by atoms with Crippen molar-refractivity contribution in [1.82, 2.24) is 19.7 Å². The fourth-order valence-electron chi connectivity index (χ4n) is 3.10. The van der Waals surface area contributed by atoms with E-state index in [4.69, 9.17) is 10.5 Å². The van der Waals surface area contributed by atoms with Crippen LogP contribution in [0.3, 0.4) is 0 Å². The third-order valence-electron chi connectivity index (χ3n) is 4.35. The zero-order valence-electron chi connectivity index (χ0n) is 14.2. The van der Waals surface area contributed by atoms with E-state index in [9.17, 15) is 13.6 Å². The first-order chi connectivity index (χ1) is 13.0. The number of fused-ring (bicyclic) bond motifs is 1. The molecule has 8 nitrogen and oxygen atoms in total. The number of hydrogen-bond acceptors (Lipinski definition) is 5. The maximum absolute atomic E-state index is 12.4. The predicted molar refractivity (Wildman–Crippen MR) is 91.3 cm³/mol. The summed E-state index contributed by atoms with van der Waals surface area (Å²) in [7, 11) is 0. The number of alkyl halides is 2. The average Bonchev–Trinajstić information content (AvgIpc) is 3.25. The molecule has 3 N–H and O–H groups in total. The summed E-state index contributed by atoms with van der Waals surface area (Å²) in [6.07, 6.45) is 4.06. The summed E-state index contributed by atoms with van der Waals surface area (Å²) in [5.74, 6) is -0.344. The van der Waals surface area contributed by atoms with Gasteiger partial charge in [-0.25, -0.2) is 9.67 Å². The van der Waals surface area contributed by atoms with Gasteiger partial charge in [-0.2, -0.15) is 13.9 Å². The molecule has 27 heavy (non-hydrogen) atoms. The first-order valence-corrected chi connectivity index (χ1v) is 8.47. The standard InChI is InChI=1S/C17H17F2N5O3/c18-17(19)27-9-4-5-11-12(7-9)22-16(21-11)14-10(15(20)25)8-24(23-14)13-3-1-2-6-26-13/h4-5,7-8,13,17H,1-3,6H2,(H2,20,25)(H,21,22). The summed E-state index contributed by atoms with van der Waals surface area (Å²) in [5, 5.41) is 4.44. The highest BCUT2D eigenvalue weighted by atomic mass is 19.3. The molecule has 1 saturated heterocycles. The number of primary amides is 1. The number of rotatable bonds is 5. The van der Waals surface area contributed by atoms with Crippen molar-refractivity contribution in [2.24, 2.45) is 5.73 Å². The molecular formula is C17H17F2N5O3. The number of H-pyrrole nitrogens is 1. The zero-order valence-corrected chi connectivity index (χ0v) is 14.2. The van der Waals surface area contributed by atoms with Gasteiger partial charge in [-0.3, -0.25) is 4.79 Å². The van der Waals surface area contributed by atoms with Gasteiger partial charge in [0.05, 0.1) is 16.6 Å². The molecule has 2 aromatic heterocycles.